The summed E-state index contributed by atoms with van der Waals surface area (Å²) in [7, 11) is 2.91. The van der Waals surface area contributed by atoms with E-state index in [1.807, 2.05) is 0 Å². The number of hydrogen-bond acceptors (Lipinski definition) is 7. The number of esters is 1. The van der Waals surface area contributed by atoms with Crippen molar-refractivity contribution in [3.05, 3.63) is 40.5 Å². The van der Waals surface area contributed by atoms with E-state index in [0.29, 0.717) is 22.9 Å². The van der Waals surface area contributed by atoms with Crippen LogP contribution in [0.25, 0.3) is 10.2 Å². The Hall–Kier alpha value is -2.67. The summed E-state index contributed by atoms with van der Waals surface area (Å²) in [5.41, 5.74) is 1.60. The quantitative estimate of drug-likeness (QED) is 0.642. The van der Waals surface area contributed by atoms with Crippen molar-refractivity contribution < 1.29 is 19.0 Å². The van der Waals surface area contributed by atoms with E-state index in [9.17, 15) is 4.79 Å². The van der Waals surface area contributed by atoms with Crippen LogP contribution in [-0.4, -0.2) is 30.2 Å². The van der Waals surface area contributed by atoms with Crippen molar-refractivity contribution in [2.45, 2.75) is 25.7 Å². The highest BCUT2D eigenvalue weighted by molar-refractivity contribution is 7.18. The zero-order chi connectivity index (χ0) is 18.1. The molecule has 6 nitrogen and oxygen atoms in total. The number of benzene rings is 1. The smallest absolute Gasteiger partial charge is 0.341 e. The molecule has 0 aliphatic heterocycles. The molecule has 0 unspecified atom stereocenters. The van der Waals surface area contributed by atoms with Crippen LogP contribution >= 0.6 is 11.3 Å². The maximum absolute atomic E-state index is 12.1. The van der Waals surface area contributed by atoms with Gasteiger partial charge >= 0.3 is 5.97 Å². The Morgan fingerprint density at radius 2 is 2.00 bits per heavy atom. The van der Waals surface area contributed by atoms with Gasteiger partial charge in [0.25, 0.3) is 0 Å². The van der Waals surface area contributed by atoms with Gasteiger partial charge in [-0.2, -0.15) is 0 Å². The van der Waals surface area contributed by atoms with E-state index in [1.54, 1.807) is 36.6 Å². The minimum absolute atomic E-state index is 0.323. The van der Waals surface area contributed by atoms with Crippen LogP contribution in [0.4, 0.5) is 0 Å². The maximum atomic E-state index is 12.1. The molecule has 1 aliphatic rings. The molecule has 0 saturated carbocycles. The molecule has 3 aromatic rings. The SMILES string of the molecule is COC(=O)c1ccc(OC)cc1Oc1ncnc2sc3c(c12)CCCC3. The number of aryl methyl sites for hydroxylation is 2. The van der Waals surface area contributed by atoms with Gasteiger partial charge in [-0.1, -0.05) is 0 Å². The van der Waals surface area contributed by atoms with Crippen molar-refractivity contribution in [2.75, 3.05) is 14.2 Å². The number of ether oxygens (including phenoxy) is 3. The van der Waals surface area contributed by atoms with E-state index in [0.717, 1.165) is 29.5 Å². The molecule has 4 rings (SSSR count). The van der Waals surface area contributed by atoms with E-state index in [-0.39, 0.29) is 0 Å². The fourth-order valence-electron chi connectivity index (χ4n) is 3.24. The van der Waals surface area contributed by atoms with E-state index in [2.05, 4.69) is 9.97 Å². The van der Waals surface area contributed by atoms with E-state index in [4.69, 9.17) is 14.2 Å². The zero-order valence-electron chi connectivity index (χ0n) is 14.6. The minimum atomic E-state index is -0.472. The van der Waals surface area contributed by atoms with Gasteiger partial charge in [-0.05, 0) is 43.4 Å². The number of nitrogens with zero attached hydrogens (tertiary/aromatic N) is 2. The van der Waals surface area contributed by atoms with Gasteiger partial charge in [0, 0.05) is 10.9 Å². The molecule has 0 radical (unpaired) electrons. The molecule has 0 spiro atoms. The number of hydrogen-bond donors (Lipinski definition) is 0. The number of carbonyl (C=O) groups excluding carboxylic acids is 1. The highest BCUT2D eigenvalue weighted by Crippen LogP contribution is 2.41. The molecule has 0 N–H and O–H groups in total. The second-order valence-corrected chi connectivity index (χ2v) is 7.11. The fourth-order valence-corrected chi connectivity index (χ4v) is 4.45. The molecular formula is C19H18N2O4S. The Bertz CT molecular complexity index is 983. The van der Waals surface area contributed by atoms with Crippen LogP contribution in [0.2, 0.25) is 0 Å². The van der Waals surface area contributed by atoms with Gasteiger partial charge in [-0.3, -0.25) is 0 Å². The van der Waals surface area contributed by atoms with E-state index < -0.39 is 5.97 Å². The van der Waals surface area contributed by atoms with E-state index in [1.165, 1.54) is 30.3 Å². The molecule has 7 heteroatoms. The Kier molecular flexibility index (Phi) is 4.46. The van der Waals surface area contributed by atoms with Crippen LogP contribution < -0.4 is 9.47 Å². The predicted octanol–water partition coefficient (Wildman–Crippen LogP) is 4.16. The summed E-state index contributed by atoms with van der Waals surface area (Å²) in [5, 5.41) is 0.950. The molecule has 0 fully saturated rings. The molecule has 0 bridgehead atoms. The third-order valence-corrected chi connectivity index (χ3v) is 5.72. The minimum Gasteiger partial charge on any atom is -0.497 e. The fraction of sp³-hybridized carbons (Fsp3) is 0.316. The zero-order valence-corrected chi connectivity index (χ0v) is 15.4. The molecule has 134 valence electrons. The molecule has 0 saturated heterocycles. The van der Waals surface area contributed by atoms with Gasteiger partial charge in [0.1, 0.15) is 28.2 Å². The van der Waals surface area contributed by atoms with Crippen molar-refractivity contribution >= 4 is 27.5 Å². The van der Waals surface area contributed by atoms with Crippen LogP contribution in [-0.2, 0) is 17.6 Å². The summed E-state index contributed by atoms with van der Waals surface area (Å²) in [6, 6.07) is 4.99. The summed E-state index contributed by atoms with van der Waals surface area (Å²) < 4.78 is 16.2. The second-order valence-electron chi connectivity index (χ2n) is 6.03. The molecule has 26 heavy (non-hydrogen) atoms. The first kappa shape index (κ1) is 16.8. The summed E-state index contributed by atoms with van der Waals surface area (Å²) in [6.07, 6.45) is 5.92. The van der Waals surface area contributed by atoms with Crippen molar-refractivity contribution in [3.63, 3.8) is 0 Å². The number of thiophene rings is 1. The number of carbonyl (C=O) groups is 1. The van der Waals surface area contributed by atoms with Crippen molar-refractivity contribution in [3.8, 4) is 17.4 Å². The number of aromatic nitrogens is 2. The van der Waals surface area contributed by atoms with Crippen LogP contribution in [0.15, 0.2) is 24.5 Å². The predicted molar refractivity (Wildman–Crippen MR) is 98.5 cm³/mol. The van der Waals surface area contributed by atoms with Crippen LogP contribution in [0.1, 0.15) is 33.6 Å². The summed E-state index contributed by atoms with van der Waals surface area (Å²) >= 11 is 1.70. The average Bonchev–Trinajstić information content (AvgIpc) is 3.07. The summed E-state index contributed by atoms with van der Waals surface area (Å²) in [6.45, 7) is 0. The lowest BCUT2D eigenvalue weighted by Crippen LogP contribution is -2.05. The number of methoxy groups -OCH3 is 2. The first-order valence-electron chi connectivity index (χ1n) is 8.40. The molecule has 0 atom stereocenters. The Balaban J connectivity index is 1.83. The lowest BCUT2D eigenvalue weighted by Gasteiger charge is -2.13. The van der Waals surface area contributed by atoms with Gasteiger partial charge in [0.15, 0.2) is 0 Å². The molecule has 1 aromatic carbocycles. The van der Waals surface area contributed by atoms with Crippen LogP contribution in [0, 0.1) is 0 Å². The molecular weight excluding hydrogens is 352 g/mol. The van der Waals surface area contributed by atoms with Gasteiger partial charge < -0.3 is 14.2 Å². The summed E-state index contributed by atoms with van der Waals surface area (Å²) in [4.78, 5) is 23.1. The average molecular weight is 370 g/mol. The Morgan fingerprint density at radius 3 is 2.81 bits per heavy atom. The Morgan fingerprint density at radius 1 is 1.15 bits per heavy atom. The standard InChI is InChI=1S/C19H18N2O4S/c1-23-11-7-8-12(19(22)24-2)14(9-11)25-17-16-13-5-3-4-6-15(13)26-18(16)21-10-20-17/h7-10H,3-6H2,1-2H3. The monoisotopic (exact) mass is 370 g/mol. The van der Waals surface area contributed by atoms with Gasteiger partial charge in [-0.15, -0.1) is 11.3 Å². The third kappa shape index (κ3) is 2.88. The van der Waals surface area contributed by atoms with Gasteiger partial charge in [0.05, 0.1) is 19.6 Å². The first-order chi connectivity index (χ1) is 12.7. The van der Waals surface area contributed by atoms with E-state index >= 15 is 0 Å². The lowest BCUT2D eigenvalue weighted by atomic mass is 9.97. The number of fused-ring (bicyclic) bond motifs is 3. The van der Waals surface area contributed by atoms with Crippen molar-refractivity contribution in [2.24, 2.45) is 0 Å². The molecule has 0 amide bonds. The second kappa shape index (κ2) is 6.92. The maximum Gasteiger partial charge on any atom is 0.341 e. The largest absolute Gasteiger partial charge is 0.497 e. The Labute approximate surface area is 154 Å². The highest BCUT2D eigenvalue weighted by Gasteiger charge is 2.22. The third-order valence-electron chi connectivity index (χ3n) is 4.52. The van der Waals surface area contributed by atoms with Gasteiger partial charge in [0.2, 0.25) is 5.88 Å². The molecule has 2 heterocycles. The first-order valence-corrected chi connectivity index (χ1v) is 9.22. The summed E-state index contributed by atoms with van der Waals surface area (Å²) in [5.74, 6) is 0.936. The normalized spacial score (nSPS) is 13.3. The highest BCUT2D eigenvalue weighted by atomic mass is 32.1. The van der Waals surface area contributed by atoms with Crippen LogP contribution in [0.3, 0.4) is 0 Å². The van der Waals surface area contributed by atoms with Gasteiger partial charge in [-0.25, -0.2) is 14.8 Å². The molecule has 2 aromatic heterocycles. The topological polar surface area (TPSA) is 70.5 Å². The number of rotatable bonds is 4. The van der Waals surface area contributed by atoms with Crippen LogP contribution in [0.5, 0.6) is 17.4 Å². The van der Waals surface area contributed by atoms with Crippen molar-refractivity contribution in [1.82, 2.24) is 9.97 Å². The lowest BCUT2D eigenvalue weighted by molar-refractivity contribution is 0.0598. The van der Waals surface area contributed by atoms with Crippen molar-refractivity contribution in [1.29, 1.82) is 0 Å². The molecule has 1 aliphatic carbocycles.